The molecule has 0 saturated carbocycles. The first-order valence-corrected chi connectivity index (χ1v) is 8.24. The highest BCUT2D eigenvalue weighted by atomic mass is 16.6. The van der Waals surface area contributed by atoms with Crippen LogP contribution in [-0.2, 0) is 16.6 Å². The predicted octanol–water partition coefficient (Wildman–Crippen LogP) is 4.74. The Balaban J connectivity index is 2.20. The number of rotatable bonds is 6. The molecule has 3 unspecified atom stereocenters. The second-order valence-electron chi connectivity index (χ2n) is 7.41. The maximum absolute atomic E-state index is 5.94. The molecule has 0 amide bonds. The zero-order valence-corrected chi connectivity index (χ0v) is 14.4. The van der Waals surface area contributed by atoms with Crippen LogP contribution in [0.4, 0.5) is 0 Å². The molecule has 0 N–H and O–H groups in total. The van der Waals surface area contributed by atoms with Crippen LogP contribution in [0.2, 0.25) is 0 Å². The van der Waals surface area contributed by atoms with Gasteiger partial charge in [0.15, 0.2) is 0 Å². The zero-order chi connectivity index (χ0) is 15.6. The molecule has 0 bridgehead atoms. The maximum atomic E-state index is 5.94. The summed E-state index contributed by atoms with van der Waals surface area (Å²) in [4.78, 5) is 0. The van der Waals surface area contributed by atoms with E-state index >= 15 is 0 Å². The van der Waals surface area contributed by atoms with E-state index in [0.29, 0.717) is 18.1 Å². The summed E-state index contributed by atoms with van der Waals surface area (Å²) in [6.07, 6.45) is 2.91. The van der Waals surface area contributed by atoms with Crippen molar-refractivity contribution in [2.24, 2.45) is 5.92 Å². The first kappa shape index (κ1) is 16.4. The third-order valence-electron chi connectivity index (χ3n) is 4.25. The molecule has 1 aromatic carbocycles. The lowest BCUT2D eigenvalue weighted by Gasteiger charge is -2.22. The molecule has 21 heavy (non-hydrogen) atoms. The molecule has 2 nitrogen and oxygen atoms in total. The van der Waals surface area contributed by atoms with Crippen LogP contribution in [0.1, 0.15) is 59.1 Å². The second-order valence-corrected chi connectivity index (χ2v) is 7.41. The van der Waals surface area contributed by atoms with Crippen molar-refractivity contribution in [2.75, 3.05) is 6.61 Å². The fourth-order valence-corrected chi connectivity index (χ4v) is 2.82. The van der Waals surface area contributed by atoms with Crippen molar-refractivity contribution in [3.05, 3.63) is 29.3 Å². The van der Waals surface area contributed by atoms with Crippen molar-refractivity contribution >= 4 is 0 Å². The van der Waals surface area contributed by atoms with Gasteiger partial charge in [0.2, 0.25) is 0 Å². The van der Waals surface area contributed by atoms with Crippen molar-refractivity contribution in [1.82, 2.24) is 0 Å². The maximum Gasteiger partial charge on any atom is 0.122 e. The van der Waals surface area contributed by atoms with Gasteiger partial charge in [-0.2, -0.15) is 0 Å². The summed E-state index contributed by atoms with van der Waals surface area (Å²) in [6, 6.07) is 6.68. The second kappa shape index (κ2) is 6.39. The Morgan fingerprint density at radius 1 is 1.29 bits per heavy atom. The number of hydrogen-bond acceptors (Lipinski definition) is 2. The Bertz CT molecular complexity index is 473. The first-order valence-electron chi connectivity index (χ1n) is 8.24. The topological polar surface area (TPSA) is 21.8 Å². The van der Waals surface area contributed by atoms with Crippen molar-refractivity contribution < 1.29 is 9.47 Å². The molecule has 1 aromatic rings. The molecule has 0 aromatic heterocycles. The van der Waals surface area contributed by atoms with Crippen LogP contribution in [0, 0.1) is 5.92 Å². The Morgan fingerprint density at radius 2 is 1.95 bits per heavy atom. The van der Waals surface area contributed by atoms with Crippen LogP contribution >= 0.6 is 0 Å². The molecule has 0 radical (unpaired) electrons. The standard InChI is InChI=1S/C19H30O2/c1-7-10-20-17-9-8-16(19(4,5)6)12-15(17)11-13(2)18-14(3)21-18/h8-9,12-14,18H,7,10-11H2,1-6H3. The van der Waals surface area contributed by atoms with Gasteiger partial charge in [-0.3, -0.25) is 0 Å². The summed E-state index contributed by atoms with van der Waals surface area (Å²) in [5.41, 5.74) is 2.87. The summed E-state index contributed by atoms with van der Waals surface area (Å²) >= 11 is 0. The molecule has 1 aliphatic heterocycles. The number of epoxide rings is 1. The van der Waals surface area contributed by atoms with Crippen molar-refractivity contribution in [3.8, 4) is 5.75 Å². The highest BCUT2D eigenvalue weighted by Crippen LogP contribution is 2.35. The van der Waals surface area contributed by atoms with Gasteiger partial charge in [0.1, 0.15) is 5.75 Å². The highest BCUT2D eigenvalue weighted by molar-refractivity contribution is 5.40. The van der Waals surface area contributed by atoms with E-state index in [1.165, 1.54) is 11.1 Å². The first-order chi connectivity index (χ1) is 9.82. The Hall–Kier alpha value is -1.02. The van der Waals surface area contributed by atoms with Crippen LogP contribution in [0.15, 0.2) is 18.2 Å². The minimum Gasteiger partial charge on any atom is -0.493 e. The molecule has 0 spiro atoms. The predicted molar refractivity (Wildman–Crippen MR) is 88.1 cm³/mol. The fraction of sp³-hybridized carbons (Fsp3) is 0.684. The average molecular weight is 290 g/mol. The molecule has 1 heterocycles. The monoisotopic (exact) mass is 290 g/mol. The lowest BCUT2D eigenvalue weighted by atomic mass is 9.84. The summed E-state index contributed by atoms with van der Waals surface area (Å²) < 4.78 is 11.6. The van der Waals surface area contributed by atoms with Gasteiger partial charge in [-0.15, -0.1) is 0 Å². The minimum atomic E-state index is 0.171. The molecule has 118 valence electrons. The number of benzene rings is 1. The van der Waals surface area contributed by atoms with Gasteiger partial charge in [-0.1, -0.05) is 46.8 Å². The lowest BCUT2D eigenvalue weighted by Crippen LogP contribution is -2.14. The molecule has 2 rings (SSSR count). The Morgan fingerprint density at radius 3 is 2.48 bits per heavy atom. The molecular formula is C19H30O2. The third kappa shape index (κ3) is 4.23. The van der Waals surface area contributed by atoms with Gasteiger partial charge < -0.3 is 9.47 Å². The molecule has 3 atom stereocenters. The van der Waals surface area contributed by atoms with E-state index in [4.69, 9.17) is 9.47 Å². The highest BCUT2D eigenvalue weighted by Gasteiger charge is 2.39. The number of ether oxygens (including phenoxy) is 2. The van der Waals surface area contributed by atoms with Crippen molar-refractivity contribution in [3.63, 3.8) is 0 Å². The Labute approximate surface area is 129 Å². The van der Waals surface area contributed by atoms with Crippen LogP contribution in [-0.4, -0.2) is 18.8 Å². The van der Waals surface area contributed by atoms with E-state index in [0.717, 1.165) is 25.2 Å². The van der Waals surface area contributed by atoms with E-state index in [-0.39, 0.29) is 5.41 Å². The molecule has 0 aliphatic carbocycles. The third-order valence-corrected chi connectivity index (χ3v) is 4.25. The summed E-state index contributed by atoms with van der Waals surface area (Å²) in [5, 5.41) is 0. The van der Waals surface area contributed by atoms with E-state index in [1.54, 1.807) is 0 Å². The normalized spacial score (nSPS) is 23.0. The van der Waals surface area contributed by atoms with E-state index < -0.39 is 0 Å². The van der Waals surface area contributed by atoms with Crippen molar-refractivity contribution in [2.45, 2.75) is 72.0 Å². The van der Waals surface area contributed by atoms with Gasteiger partial charge in [-0.25, -0.2) is 0 Å². The Kier molecular flexibility index (Phi) is 4.98. The molecule has 1 saturated heterocycles. The largest absolute Gasteiger partial charge is 0.493 e. The summed E-state index contributed by atoms with van der Waals surface area (Å²) in [6.45, 7) is 14.1. The van der Waals surface area contributed by atoms with E-state index in [2.05, 4.69) is 59.7 Å². The fourth-order valence-electron chi connectivity index (χ4n) is 2.82. The minimum absolute atomic E-state index is 0.171. The van der Waals surface area contributed by atoms with Crippen LogP contribution in [0.25, 0.3) is 0 Å². The lowest BCUT2D eigenvalue weighted by molar-refractivity contribution is 0.305. The van der Waals surface area contributed by atoms with Gasteiger partial charge in [0, 0.05) is 0 Å². The van der Waals surface area contributed by atoms with Gasteiger partial charge in [0.25, 0.3) is 0 Å². The molecular weight excluding hydrogens is 260 g/mol. The van der Waals surface area contributed by atoms with Gasteiger partial charge in [-0.05, 0) is 48.3 Å². The van der Waals surface area contributed by atoms with Crippen LogP contribution in [0.5, 0.6) is 5.75 Å². The number of hydrogen-bond donors (Lipinski definition) is 0. The van der Waals surface area contributed by atoms with E-state index in [1.807, 2.05) is 0 Å². The van der Waals surface area contributed by atoms with Crippen LogP contribution < -0.4 is 4.74 Å². The van der Waals surface area contributed by atoms with E-state index in [9.17, 15) is 0 Å². The molecule has 1 aliphatic rings. The smallest absolute Gasteiger partial charge is 0.122 e. The SMILES string of the molecule is CCCOc1ccc(C(C)(C)C)cc1CC(C)C1OC1C. The van der Waals surface area contributed by atoms with Gasteiger partial charge >= 0.3 is 0 Å². The quantitative estimate of drug-likeness (QED) is 0.706. The average Bonchev–Trinajstić information content (AvgIpc) is 3.13. The van der Waals surface area contributed by atoms with Gasteiger partial charge in [0.05, 0.1) is 18.8 Å². The summed E-state index contributed by atoms with van der Waals surface area (Å²) in [5.74, 6) is 1.59. The van der Waals surface area contributed by atoms with Crippen LogP contribution in [0.3, 0.4) is 0 Å². The molecule has 2 heteroatoms. The van der Waals surface area contributed by atoms with Crippen molar-refractivity contribution in [1.29, 1.82) is 0 Å². The zero-order valence-electron chi connectivity index (χ0n) is 14.4. The molecule has 1 fully saturated rings. The summed E-state index contributed by atoms with van der Waals surface area (Å²) in [7, 11) is 0.